The first-order valence-corrected chi connectivity index (χ1v) is 8.24. The van der Waals surface area contributed by atoms with Gasteiger partial charge in [-0.05, 0) is 51.2 Å². The lowest BCUT2D eigenvalue weighted by molar-refractivity contribution is -0.119. The second kappa shape index (κ2) is 8.65. The summed E-state index contributed by atoms with van der Waals surface area (Å²) < 4.78 is 26.3. The molecule has 0 aromatic heterocycles. The zero-order valence-corrected chi connectivity index (χ0v) is 13.6. The fourth-order valence-corrected chi connectivity index (χ4v) is 2.79. The maximum absolute atomic E-state index is 13.3. The van der Waals surface area contributed by atoms with Gasteiger partial charge in [-0.25, -0.2) is 8.78 Å². The lowest BCUT2D eigenvalue weighted by Crippen LogP contribution is -2.37. The number of nitrogens with zero attached hydrogens (tertiary/aromatic N) is 1. The average molecular weight is 322 g/mol. The van der Waals surface area contributed by atoms with Crippen molar-refractivity contribution in [3.05, 3.63) is 41.5 Å². The number of anilines is 1. The molecule has 0 unspecified atom stereocenters. The second-order valence-corrected chi connectivity index (χ2v) is 5.82. The predicted molar refractivity (Wildman–Crippen MR) is 88.4 cm³/mol. The molecule has 0 heterocycles. The van der Waals surface area contributed by atoms with E-state index in [9.17, 15) is 13.6 Å². The standard InChI is InChI=1S/C18H24F2N2O/c1-2-22(15-8-9-16(19)17(20)12-15)13-18(23)21-11-10-14-6-4-3-5-7-14/h6,8-9,12H,2-5,7,10-11,13H2,1H3,(H,21,23). The van der Waals surface area contributed by atoms with E-state index in [1.54, 1.807) is 4.90 Å². The fraction of sp³-hybridized carbons (Fsp3) is 0.500. The van der Waals surface area contributed by atoms with E-state index < -0.39 is 11.6 Å². The molecule has 23 heavy (non-hydrogen) atoms. The number of halogens is 2. The van der Waals surface area contributed by atoms with Crippen LogP contribution >= 0.6 is 0 Å². The van der Waals surface area contributed by atoms with Crippen molar-refractivity contribution in [3.63, 3.8) is 0 Å². The topological polar surface area (TPSA) is 32.3 Å². The van der Waals surface area contributed by atoms with Crippen LogP contribution in [0.4, 0.5) is 14.5 Å². The average Bonchev–Trinajstić information content (AvgIpc) is 2.56. The number of likely N-dealkylation sites (N-methyl/N-ethyl adjacent to an activating group) is 1. The Balaban J connectivity index is 1.82. The van der Waals surface area contributed by atoms with E-state index in [4.69, 9.17) is 0 Å². The summed E-state index contributed by atoms with van der Waals surface area (Å²) >= 11 is 0. The molecule has 0 fully saturated rings. The Morgan fingerprint density at radius 1 is 1.26 bits per heavy atom. The molecule has 126 valence electrons. The van der Waals surface area contributed by atoms with Gasteiger partial charge < -0.3 is 10.2 Å². The molecule has 0 aliphatic heterocycles. The molecule has 1 aliphatic rings. The molecule has 1 N–H and O–H groups in total. The third-order valence-electron chi connectivity index (χ3n) is 4.14. The summed E-state index contributed by atoms with van der Waals surface area (Å²) in [6, 6.07) is 3.70. The largest absolute Gasteiger partial charge is 0.362 e. The first-order valence-electron chi connectivity index (χ1n) is 8.24. The Bertz CT molecular complexity index is 572. The van der Waals surface area contributed by atoms with Crippen molar-refractivity contribution in [1.29, 1.82) is 0 Å². The quantitative estimate of drug-likeness (QED) is 0.775. The van der Waals surface area contributed by atoms with Crippen molar-refractivity contribution in [1.82, 2.24) is 5.32 Å². The van der Waals surface area contributed by atoms with Crippen LogP contribution in [0.15, 0.2) is 29.8 Å². The van der Waals surface area contributed by atoms with Crippen LogP contribution < -0.4 is 10.2 Å². The van der Waals surface area contributed by atoms with E-state index in [1.807, 2.05) is 6.92 Å². The van der Waals surface area contributed by atoms with Crippen molar-refractivity contribution in [3.8, 4) is 0 Å². The van der Waals surface area contributed by atoms with Gasteiger partial charge >= 0.3 is 0 Å². The molecule has 1 amide bonds. The fourth-order valence-electron chi connectivity index (χ4n) is 2.79. The number of rotatable bonds is 7. The van der Waals surface area contributed by atoms with E-state index in [2.05, 4.69) is 11.4 Å². The molecule has 0 atom stereocenters. The maximum Gasteiger partial charge on any atom is 0.239 e. The number of benzene rings is 1. The van der Waals surface area contributed by atoms with Gasteiger partial charge in [0.25, 0.3) is 0 Å². The summed E-state index contributed by atoms with van der Waals surface area (Å²) in [5.41, 5.74) is 1.93. The number of carbonyl (C=O) groups is 1. The number of hydrogen-bond donors (Lipinski definition) is 1. The molecule has 2 rings (SSSR count). The monoisotopic (exact) mass is 322 g/mol. The number of nitrogens with one attached hydrogen (secondary N) is 1. The van der Waals surface area contributed by atoms with Crippen LogP contribution in [-0.2, 0) is 4.79 Å². The molecule has 1 aromatic rings. The highest BCUT2D eigenvalue weighted by Gasteiger charge is 2.12. The highest BCUT2D eigenvalue weighted by Crippen LogP contribution is 2.19. The lowest BCUT2D eigenvalue weighted by Gasteiger charge is -2.22. The van der Waals surface area contributed by atoms with Crippen LogP contribution in [-0.4, -0.2) is 25.5 Å². The van der Waals surface area contributed by atoms with Gasteiger partial charge in [-0.2, -0.15) is 0 Å². The molecular weight excluding hydrogens is 298 g/mol. The molecule has 1 aromatic carbocycles. The smallest absolute Gasteiger partial charge is 0.239 e. The van der Waals surface area contributed by atoms with Gasteiger partial charge in [0, 0.05) is 24.8 Å². The summed E-state index contributed by atoms with van der Waals surface area (Å²) in [5.74, 6) is -1.88. The van der Waals surface area contributed by atoms with E-state index in [-0.39, 0.29) is 12.5 Å². The van der Waals surface area contributed by atoms with E-state index >= 15 is 0 Å². The SMILES string of the molecule is CCN(CC(=O)NCCC1=CCCCC1)c1ccc(F)c(F)c1. The zero-order chi connectivity index (χ0) is 16.7. The Morgan fingerprint density at radius 3 is 2.74 bits per heavy atom. The van der Waals surface area contributed by atoms with Crippen molar-refractivity contribution in [2.45, 2.75) is 39.0 Å². The number of allylic oxidation sites excluding steroid dienone is 1. The minimum Gasteiger partial charge on any atom is -0.362 e. The molecule has 0 saturated heterocycles. The second-order valence-electron chi connectivity index (χ2n) is 5.82. The van der Waals surface area contributed by atoms with Gasteiger partial charge in [-0.15, -0.1) is 0 Å². The Kier molecular flexibility index (Phi) is 6.56. The minimum absolute atomic E-state index is 0.104. The van der Waals surface area contributed by atoms with Crippen LogP contribution in [0.1, 0.15) is 39.0 Å². The molecule has 0 bridgehead atoms. The summed E-state index contributed by atoms with van der Waals surface area (Å²) in [6.45, 7) is 3.19. The summed E-state index contributed by atoms with van der Waals surface area (Å²) in [4.78, 5) is 13.8. The summed E-state index contributed by atoms with van der Waals surface area (Å²) in [5, 5.41) is 2.90. The van der Waals surface area contributed by atoms with Gasteiger partial charge in [-0.3, -0.25) is 4.79 Å². The first-order chi connectivity index (χ1) is 11.1. The number of amides is 1. The molecule has 0 spiro atoms. The normalized spacial score (nSPS) is 14.3. The highest BCUT2D eigenvalue weighted by molar-refractivity contribution is 5.81. The van der Waals surface area contributed by atoms with Gasteiger partial charge in [0.2, 0.25) is 5.91 Å². The van der Waals surface area contributed by atoms with E-state index in [0.29, 0.717) is 18.8 Å². The van der Waals surface area contributed by atoms with Gasteiger partial charge in [0.05, 0.1) is 6.54 Å². The molecule has 1 aliphatic carbocycles. The Labute approximate surface area is 136 Å². The minimum atomic E-state index is -0.898. The third-order valence-corrected chi connectivity index (χ3v) is 4.14. The molecular formula is C18H24F2N2O. The zero-order valence-electron chi connectivity index (χ0n) is 13.6. The van der Waals surface area contributed by atoms with E-state index in [1.165, 1.54) is 24.5 Å². The Morgan fingerprint density at radius 2 is 2.09 bits per heavy atom. The van der Waals surface area contributed by atoms with Crippen LogP contribution in [0.5, 0.6) is 0 Å². The van der Waals surface area contributed by atoms with Crippen molar-refractivity contribution in [2.75, 3.05) is 24.5 Å². The van der Waals surface area contributed by atoms with E-state index in [0.717, 1.165) is 31.4 Å². The molecule has 3 nitrogen and oxygen atoms in total. The predicted octanol–water partition coefficient (Wildman–Crippen LogP) is 3.80. The van der Waals surface area contributed by atoms with Crippen molar-refractivity contribution < 1.29 is 13.6 Å². The molecule has 0 saturated carbocycles. The van der Waals surface area contributed by atoms with Gasteiger partial charge in [0.1, 0.15) is 0 Å². The van der Waals surface area contributed by atoms with Crippen molar-refractivity contribution in [2.24, 2.45) is 0 Å². The van der Waals surface area contributed by atoms with Crippen LogP contribution in [0.2, 0.25) is 0 Å². The highest BCUT2D eigenvalue weighted by atomic mass is 19.2. The van der Waals surface area contributed by atoms with Crippen LogP contribution in [0.3, 0.4) is 0 Å². The molecule has 0 radical (unpaired) electrons. The van der Waals surface area contributed by atoms with Gasteiger partial charge in [-0.1, -0.05) is 11.6 Å². The third kappa shape index (κ3) is 5.34. The number of carbonyl (C=O) groups excluding carboxylic acids is 1. The van der Waals surface area contributed by atoms with Crippen LogP contribution in [0, 0.1) is 11.6 Å². The Hall–Kier alpha value is -1.91. The number of hydrogen-bond acceptors (Lipinski definition) is 2. The summed E-state index contributed by atoms with van der Waals surface area (Å²) in [6.07, 6.45) is 7.93. The van der Waals surface area contributed by atoms with Crippen molar-refractivity contribution >= 4 is 11.6 Å². The summed E-state index contributed by atoms with van der Waals surface area (Å²) in [7, 11) is 0. The molecule has 5 heteroatoms. The lowest BCUT2D eigenvalue weighted by atomic mass is 9.97. The first kappa shape index (κ1) is 17.4. The maximum atomic E-state index is 13.3. The van der Waals surface area contributed by atoms with Crippen LogP contribution in [0.25, 0.3) is 0 Å². The van der Waals surface area contributed by atoms with Gasteiger partial charge in [0.15, 0.2) is 11.6 Å².